The molecule has 1 amide bonds. The number of nitrogens with two attached hydrogens (primary N) is 1. The second-order valence-electron chi connectivity index (χ2n) is 5.65. The lowest BCUT2D eigenvalue weighted by Crippen LogP contribution is -2.51. The molecule has 0 spiro atoms. The Morgan fingerprint density at radius 3 is 3.00 bits per heavy atom. The fraction of sp³-hybridized carbons (Fsp3) is 0.412. The summed E-state index contributed by atoms with van der Waals surface area (Å²) in [6.07, 6.45) is 3.54. The van der Waals surface area contributed by atoms with Gasteiger partial charge in [-0.25, -0.2) is 0 Å². The topological polar surface area (TPSA) is 68.5 Å². The van der Waals surface area contributed by atoms with Gasteiger partial charge in [-0.05, 0) is 25.0 Å². The highest BCUT2D eigenvalue weighted by Gasteiger charge is 2.32. The number of hydrogen-bond donors (Lipinski definition) is 1. The van der Waals surface area contributed by atoms with Gasteiger partial charge < -0.3 is 15.4 Å². The lowest BCUT2D eigenvalue weighted by atomic mass is 9.97. The molecule has 1 aliphatic heterocycles. The van der Waals surface area contributed by atoms with Crippen LogP contribution >= 0.6 is 0 Å². The molecular formula is C17H21N3O2. The summed E-state index contributed by atoms with van der Waals surface area (Å²) < 4.78 is 5.42. The quantitative estimate of drug-likeness (QED) is 0.938. The lowest BCUT2D eigenvalue weighted by Gasteiger charge is -2.38. The Kier molecular flexibility index (Phi) is 4.36. The van der Waals surface area contributed by atoms with Crippen LogP contribution in [0, 0.1) is 0 Å². The van der Waals surface area contributed by atoms with Crippen LogP contribution in [0.25, 0.3) is 10.9 Å². The molecule has 2 aromatic rings. The summed E-state index contributed by atoms with van der Waals surface area (Å²) in [6, 6.07) is 9.58. The highest BCUT2D eigenvalue weighted by Crippen LogP contribution is 2.24. The van der Waals surface area contributed by atoms with Crippen molar-refractivity contribution in [3.63, 3.8) is 0 Å². The van der Waals surface area contributed by atoms with Crippen LogP contribution in [0.1, 0.15) is 23.2 Å². The zero-order valence-electron chi connectivity index (χ0n) is 12.7. The van der Waals surface area contributed by atoms with Gasteiger partial charge in [-0.15, -0.1) is 0 Å². The van der Waals surface area contributed by atoms with E-state index < -0.39 is 0 Å². The first-order valence-electron chi connectivity index (χ1n) is 7.62. The number of pyridine rings is 1. The van der Waals surface area contributed by atoms with Crippen molar-refractivity contribution in [1.82, 2.24) is 9.88 Å². The molecule has 2 atom stereocenters. The summed E-state index contributed by atoms with van der Waals surface area (Å²) in [5.74, 6) is 0.00861. The minimum atomic E-state index is 0.00861. The Bertz CT molecular complexity index is 669. The van der Waals surface area contributed by atoms with E-state index in [1.165, 1.54) is 0 Å². The van der Waals surface area contributed by atoms with Crippen molar-refractivity contribution in [2.24, 2.45) is 5.73 Å². The zero-order valence-corrected chi connectivity index (χ0v) is 12.7. The number of carbonyl (C=O) groups is 1. The zero-order chi connectivity index (χ0) is 15.5. The van der Waals surface area contributed by atoms with E-state index >= 15 is 0 Å². The number of aromatic nitrogens is 1. The molecule has 5 nitrogen and oxygen atoms in total. The molecule has 0 bridgehead atoms. The Morgan fingerprint density at radius 1 is 1.41 bits per heavy atom. The number of hydrogen-bond acceptors (Lipinski definition) is 4. The first-order chi connectivity index (χ1) is 10.7. The SMILES string of the molecule is COC1CCN(C(=O)c2cccc3cccnc23)C(CN)C1. The second kappa shape index (κ2) is 6.42. The molecule has 3 rings (SSSR count). The predicted octanol–water partition coefficient (Wildman–Crippen LogP) is 1.81. The summed E-state index contributed by atoms with van der Waals surface area (Å²) in [4.78, 5) is 19.2. The van der Waals surface area contributed by atoms with E-state index in [0.29, 0.717) is 18.7 Å². The molecule has 1 aromatic heterocycles. The van der Waals surface area contributed by atoms with Crippen LogP contribution in [-0.2, 0) is 4.74 Å². The number of piperidine rings is 1. The van der Waals surface area contributed by atoms with E-state index in [-0.39, 0.29) is 18.1 Å². The van der Waals surface area contributed by atoms with Gasteiger partial charge in [0.15, 0.2) is 0 Å². The smallest absolute Gasteiger partial charge is 0.256 e. The molecule has 2 unspecified atom stereocenters. The van der Waals surface area contributed by atoms with Gasteiger partial charge >= 0.3 is 0 Å². The summed E-state index contributed by atoms with van der Waals surface area (Å²) in [7, 11) is 1.71. The van der Waals surface area contributed by atoms with E-state index in [4.69, 9.17) is 10.5 Å². The maximum Gasteiger partial charge on any atom is 0.256 e. The molecule has 1 saturated heterocycles. The van der Waals surface area contributed by atoms with Crippen molar-refractivity contribution in [2.45, 2.75) is 25.0 Å². The molecule has 2 heterocycles. The van der Waals surface area contributed by atoms with Crippen molar-refractivity contribution < 1.29 is 9.53 Å². The molecule has 5 heteroatoms. The maximum atomic E-state index is 13.0. The van der Waals surface area contributed by atoms with Crippen LogP contribution in [0.2, 0.25) is 0 Å². The normalized spacial score (nSPS) is 22.0. The average molecular weight is 299 g/mol. The highest BCUT2D eigenvalue weighted by atomic mass is 16.5. The summed E-state index contributed by atoms with van der Waals surface area (Å²) in [5, 5.41) is 0.976. The van der Waals surface area contributed by atoms with E-state index in [2.05, 4.69) is 4.98 Å². The van der Waals surface area contributed by atoms with Gasteiger partial charge in [0.2, 0.25) is 0 Å². The van der Waals surface area contributed by atoms with Gasteiger partial charge in [0.1, 0.15) is 0 Å². The molecule has 1 fully saturated rings. The Hall–Kier alpha value is -1.98. The van der Waals surface area contributed by atoms with Crippen molar-refractivity contribution in [3.05, 3.63) is 42.1 Å². The first-order valence-corrected chi connectivity index (χ1v) is 7.62. The van der Waals surface area contributed by atoms with Gasteiger partial charge in [0.25, 0.3) is 5.91 Å². The molecule has 116 valence electrons. The molecular weight excluding hydrogens is 278 g/mol. The molecule has 1 aliphatic rings. The fourth-order valence-electron chi connectivity index (χ4n) is 3.15. The minimum absolute atomic E-state index is 0.00861. The van der Waals surface area contributed by atoms with Crippen molar-refractivity contribution in [2.75, 3.05) is 20.2 Å². The van der Waals surface area contributed by atoms with Gasteiger partial charge in [-0.2, -0.15) is 0 Å². The van der Waals surface area contributed by atoms with Gasteiger partial charge in [-0.3, -0.25) is 9.78 Å². The maximum absolute atomic E-state index is 13.0. The third kappa shape index (κ3) is 2.69. The van der Waals surface area contributed by atoms with Crippen LogP contribution in [0.5, 0.6) is 0 Å². The highest BCUT2D eigenvalue weighted by molar-refractivity contribution is 6.05. The van der Waals surface area contributed by atoms with E-state index in [1.807, 2.05) is 35.2 Å². The summed E-state index contributed by atoms with van der Waals surface area (Å²) in [6.45, 7) is 1.12. The van der Waals surface area contributed by atoms with Crippen LogP contribution in [0.3, 0.4) is 0 Å². The van der Waals surface area contributed by atoms with Crippen LogP contribution in [-0.4, -0.2) is 48.1 Å². The summed E-state index contributed by atoms with van der Waals surface area (Å²) in [5.41, 5.74) is 7.27. The third-order valence-electron chi connectivity index (χ3n) is 4.40. The molecule has 22 heavy (non-hydrogen) atoms. The second-order valence-corrected chi connectivity index (χ2v) is 5.65. The number of amides is 1. The minimum Gasteiger partial charge on any atom is -0.381 e. The lowest BCUT2D eigenvalue weighted by molar-refractivity contribution is 0.0140. The average Bonchev–Trinajstić information content (AvgIpc) is 2.60. The number of para-hydroxylation sites is 1. The van der Waals surface area contributed by atoms with E-state index in [0.717, 1.165) is 23.7 Å². The fourth-order valence-corrected chi connectivity index (χ4v) is 3.15. The van der Waals surface area contributed by atoms with Crippen molar-refractivity contribution in [3.8, 4) is 0 Å². The van der Waals surface area contributed by atoms with Crippen LogP contribution < -0.4 is 5.73 Å². The number of nitrogens with zero attached hydrogens (tertiary/aromatic N) is 2. The molecule has 2 N–H and O–H groups in total. The van der Waals surface area contributed by atoms with Crippen LogP contribution in [0.15, 0.2) is 36.5 Å². The largest absolute Gasteiger partial charge is 0.381 e. The number of rotatable bonds is 3. The number of fused-ring (bicyclic) bond motifs is 1. The van der Waals surface area contributed by atoms with Crippen LogP contribution in [0.4, 0.5) is 0 Å². The standard InChI is InChI=1S/C17H21N3O2/c1-22-14-7-9-20(13(10-14)11-18)17(21)15-6-2-4-12-5-3-8-19-16(12)15/h2-6,8,13-14H,7,9-11,18H2,1H3. The number of benzene rings is 1. The number of methoxy groups -OCH3 is 1. The van der Waals surface area contributed by atoms with Gasteiger partial charge in [0.05, 0.1) is 17.2 Å². The Morgan fingerprint density at radius 2 is 2.23 bits per heavy atom. The number of ether oxygens (including phenoxy) is 1. The van der Waals surface area contributed by atoms with Crippen molar-refractivity contribution in [1.29, 1.82) is 0 Å². The molecule has 0 radical (unpaired) electrons. The molecule has 1 aromatic carbocycles. The van der Waals surface area contributed by atoms with E-state index in [1.54, 1.807) is 13.3 Å². The first kappa shape index (κ1) is 14.9. The van der Waals surface area contributed by atoms with Gasteiger partial charge in [0, 0.05) is 37.8 Å². The Balaban J connectivity index is 1.92. The number of likely N-dealkylation sites (tertiary alicyclic amines) is 1. The monoisotopic (exact) mass is 299 g/mol. The molecule has 0 aliphatic carbocycles. The van der Waals surface area contributed by atoms with E-state index in [9.17, 15) is 4.79 Å². The number of carbonyl (C=O) groups excluding carboxylic acids is 1. The predicted molar refractivity (Wildman–Crippen MR) is 85.7 cm³/mol. The van der Waals surface area contributed by atoms with Gasteiger partial charge in [-0.1, -0.05) is 18.2 Å². The third-order valence-corrected chi connectivity index (χ3v) is 4.40. The Labute approximate surface area is 130 Å². The molecule has 0 saturated carbocycles. The van der Waals surface area contributed by atoms with Crippen molar-refractivity contribution >= 4 is 16.8 Å². The summed E-state index contributed by atoms with van der Waals surface area (Å²) >= 11 is 0.